The van der Waals surface area contributed by atoms with Gasteiger partial charge in [0.25, 0.3) is 0 Å². The molecule has 1 amide bonds. The molecule has 1 atom stereocenters. The molecule has 0 saturated carbocycles. The molecule has 0 radical (unpaired) electrons. The Labute approximate surface area is 159 Å². The van der Waals surface area contributed by atoms with Crippen LogP contribution in [0.3, 0.4) is 0 Å². The minimum absolute atomic E-state index is 0. The van der Waals surface area contributed by atoms with Crippen molar-refractivity contribution in [1.82, 2.24) is 5.32 Å². The van der Waals surface area contributed by atoms with Gasteiger partial charge in [-0.25, -0.2) is 0 Å². The first kappa shape index (κ1) is 24.5. The molecule has 1 N–H and O–H groups in total. The Hall–Kier alpha value is 1.21. The van der Waals surface area contributed by atoms with E-state index in [2.05, 4.69) is 59.5 Å². The second-order valence-electron chi connectivity index (χ2n) is 6.93. The summed E-state index contributed by atoms with van der Waals surface area (Å²) in [5, 5.41) is 4.36. The zero-order valence-corrected chi connectivity index (χ0v) is 19.6. The zero-order chi connectivity index (χ0) is 15.8. The molecule has 0 aliphatic rings. The van der Waals surface area contributed by atoms with Gasteiger partial charge in [0.2, 0.25) is 5.91 Å². The average Bonchev–Trinajstić information content (AvgIpc) is 2.22. The van der Waals surface area contributed by atoms with Crippen molar-refractivity contribution < 1.29 is 25.9 Å². The van der Waals surface area contributed by atoms with Gasteiger partial charge < -0.3 is 5.32 Å². The van der Waals surface area contributed by atoms with Crippen molar-refractivity contribution in [3.63, 3.8) is 0 Å². The largest absolute Gasteiger partial charge is 0.355 e. The number of rotatable bonds is 9. The summed E-state index contributed by atoms with van der Waals surface area (Å²) >= 11 is 4.68. The zero-order valence-electron chi connectivity index (χ0n) is 14.1. The topological polar surface area (TPSA) is 29.1 Å². The van der Waals surface area contributed by atoms with E-state index >= 15 is 0 Å². The Bertz CT molecular complexity index is 291. The van der Waals surface area contributed by atoms with Crippen LogP contribution in [0, 0.1) is 10.7 Å². The third-order valence-corrected chi connectivity index (χ3v) is 5.51. The van der Waals surface area contributed by atoms with Crippen molar-refractivity contribution in [2.45, 2.75) is 65.6 Å². The van der Waals surface area contributed by atoms with Crippen LogP contribution in [0.2, 0.25) is 0 Å². The molecule has 0 heterocycles. The Kier molecular flexibility index (Phi) is 13.6. The number of hydrogen-bond donors (Lipinski definition) is 2. The quantitative estimate of drug-likeness (QED) is 0.195. The normalized spacial score (nSPS) is 14.5. The SMILES string of the molecule is C[C-](C)SSCCCC(=O)NCC(C)(S)CC(C)(C)C.[W]. The van der Waals surface area contributed by atoms with Crippen molar-refractivity contribution in [2.75, 3.05) is 12.3 Å². The molecule has 0 saturated heterocycles. The minimum Gasteiger partial charge on any atom is -0.355 e. The fourth-order valence-electron chi connectivity index (χ4n) is 2.03. The van der Waals surface area contributed by atoms with Gasteiger partial charge in [0, 0.05) is 44.5 Å². The van der Waals surface area contributed by atoms with Crippen LogP contribution in [-0.4, -0.2) is 23.0 Å². The number of hydrogen-bond acceptors (Lipinski definition) is 4. The van der Waals surface area contributed by atoms with E-state index in [1.807, 2.05) is 10.8 Å². The Morgan fingerprint density at radius 3 is 2.29 bits per heavy atom. The van der Waals surface area contributed by atoms with Gasteiger partial charge in [0.15, 0.2) is 0 Å². The van der Waals surface area contributed by atoms with Gasteiger partial charge >= 0.3 is 0 Å². The maximum Gasteiger partial charge on any atom is 0.220 e. The molecular formula is C15H30NOS3W-. The van der Waals surface area contributed by atoms with E-state index in [4.69, 9.17) is 0 Å². The standard InChI is InChI=1S/C15H30NOS3.W/c1-12(2)20-19-9-7-8-13(17)16-11-15(6,18)10-14(3,4)5;/h18H,7-11H2,1-6H3,(H,16,17);/q-1;. The van der Waals surface area contributed by atoms with Gasteiger partial charge in [-0.15, -0.1) is 10.8 Å². The molecule has 6 heteroatoms. The van der Waals surface area contributed by atoms with Crippen molar-refractivity contribution in [3.05, 3.63) is 5.25 Å². The van der Waals surface area contributed by atoms with E-state index in [9.17, 15) is 4.79 Å². The molecule has 0 aliphatic heterocycles. The van der Waals surface area contributed by atoms with Gasteiger partial charge in [-0.05, 0) is 25.2 Å². The summed E-state index contributed by atoms with van der Waals surface area (Å²) in [7, 11) is 3.62. The predicted octanol–water partition coefficient (Wildman–Crippen LogP) is 4.96. The second kappa shape index (κ2) is 11.7. The number of amides is 1. The molecule has 0 bridgehead atoms. The molecule has 0 aliphatic carbocycles. The molecule has 0 aromatic heterocycles. The Morgan fingerprint density at radius 2 is 1.81 bits per heavy atom. The second-order valence-corrected chi connectivity index (χ2v) is 10.8. The van der Waals surface area contributed by atoms with Crippen LogP contribution in [-0.2, 0) is 25.9 Å². The Balaban J connectivity index is 0. The molecule has 0 rings (SSSR count). The van der Waals surface area contributed by atoms with Crippen LogP contribution < -0.4 is 5.32 Å². The fourth-order valence-corrected chi connectivity index (χ4v) is 4.48. The van der Waals surface area contributed by atoms with Crippen LogP contribution in [0.1, 0.15) is 60.8 Å². The van der Waals surface area contributed by atoms with Gasteiger partial charge in [-0.2, -0.15) is 26.5 Å². The van der Waals surface area contributed by atoms with Gasteiger partial charge in [-0.1, -0.05) is 20.8 Å². The van der Waals surface area contributed by atoms with E-state index in [0.29, 0.717) is 13.0 Å². The smallest absolute Gasteiger partial charge is 0.220 e. The maximum atomic E-state index is 11.8. The molecule has 2 nitrogen and oxygen atoms in total. The van der Waals surface area contributed by atoms with Crippen LogP contribution in [0.4, 0.5) is 0 Å². The molecule has 0 aromatic carbocycles. The Morgan fingerprint density at radius 1 is 1.24 bits per heavy atom. The first-order chi connectivity index (χ1) is 9.02. The van der Waals surface area contributed by atoms with Crippen molar-refractivity contribution >= 4 is 40.1 Å². The molecule has 21 heavy (non-hydrogen) atoms. The third kappa shape index (κ3) is 17.4. The van der Waals surface area contributed by atoms with Crippen molar-refractivity contribution in [2.24, 2.45) is 5.41 Å². The van der Waals surface area contributed by atoms with Crippen LogP contribution >= 0.6 is 34.2 Å². The molecule has 0 aromatic rings. The van der Waals surface area contributed by atoms with E-state index in [-0.39, 0.29) is 37.1 Å². The summed E-state index contributed by atoms with van der Waals surface area (Å²) in [5.74, 6) is 1.16. The maximum absolute atomic E-state index is 11.8. The van der Waals surface area contributed by atoms with Crippen LogP contribution in [0.15, 0.2) is 0 Å². The van der Waals surface area contributed by atoms with Crippen molar-refractivity contribution in [3.8, 4) is 0 Å². The summed E-state index contributed by atoms with van der Waals surface area (Å²) in [6.07, 6.45) is 2.51. The summed E-state index contributed by atoms with van der Waals surface area (Å²) in [5.41, 5.74) is 0.226. The summed E-state index contributed by atoms with van der Waals surface area (Å²) in [4.78, 5) is 11.8. The van der Waals surface area contributed by atoms with E-state index in [0.717, 1.165) is 18.6 Å². The molecule has 0 spiro atoms. The van der Waals surface area contributed by atoms with Gasteiger partial charge in [0.1, 0.15) is 0 Å². The van der Waals surface area contributed by atoms with Crippen LogP contribution in [0.5, 0.6) is 0 Å². The monoisotopic (exact) mass is 520 g/mol. The van der Waals surface area contributed by atoms with E-state index < -0.39 is 0 Å². The fraction of sp³-hybridized carbons (Fsp3) is 0.867. The number of carbonyl (C=O) groups is 1. The first-order valence-corrected chi connectivity index (χ1v) is 9.87. The van der Waals surface area contributed by atoms with Gasteiger partial charge in [0.05, 0.1) is 0 Å². The molecular weight excluding hydrogens is 490 g/mol. The average molecular weight is 520 g/mol. The number of carbonyl (C=O) groups excluding carboxylic acids is 1. The van der Waals surface area contributed by atoms with Crippen molar-refractivity contribution in [1.29, 1.82) is 0 Å². The number of thiol groups is 1. The summed E-state index contributed by atoms with van der Waals surface area (Å²) < 4.78 is -0.146. The first-order valence-electron chi connectivity index (χ1n) is 7.10. The molecule has 126 valence electrons. The van der Waals surface area contributed by atoms with Gasteiger partial charge in [-0.3, -0.25) is 20.8 Å². The van der Waals surface area contributed by atoms with E-state index in [1.54, 1.807) is 10.8 Å². The molecule has 0 fully saturated rings. The summed E-state index contributed by atoms with van der Waals surface area (Å²) in [6, 6.07) is 0. The summed E-state index contributed by atoms with van der Waals surface area (Å²) in [6.45, 7) is 13.5. The van der Waals surface area contributed by atoms with E-state index in [1.165, 1.54) is 5.25 Å². The number of nitrogens with one attached hydrogen (secondary N) is 1. The molecule has 1 unspecified atom stereocenters. The third-order valence-electron chi connectivity index (χ3n) is 2.43. The van der Waals surface area contributed by atoms with Crippen LogP contribution in [0.25, 0.3) is 0 Å². The minimum atomic E-state index is -0.146. The predicted molar refractivity (Wildman–Crippen MR) is 98.3 cm³/mol.